The third-order valence-electron chi connectivity index (χ3n) is 2.72. The number of nitrogens with two attached hydrogens (primary N) is 1. The summed E-state index contributed by atoms with van der Waals surface area (Å²) < 4.78 is 23.2. The van der Waals surface area contributed by atoms with Gasteiger partial charge in [-0.2, -0.15) is 5.10 Å². The second kappa shape index (κ2) is 3.21. The van der Waals surface area contributed by atoms with Gasteiger partial charge in [-0.1, -0.05) is 6.07 Å². The number of benzene rings is 1. The van der Waals surface area contributed by atoms with Crippen LogP contribution >= 0.6 is 0 Å². The Morgan fingerprint density at radius 1 is 1.29 bits per heavy atom. The van der Waals surface area contributed by atoms with Crippen molar-refractivity contribution in [3.63, 3.8) is 0 Å². The van der Waals surface area contributed by atoms with E-state index in [1.165, 1.54) is 5.41 Å². The smallest absolute Gasteiger partial charge is 0.200 e. The third-order valence-corrected chi connectivity index (χ3v) is 4.20. The normalized spacial score (nSPS) is 16.0. The van der Waals surface area contributed by atoms with Crippen LogP contribution in [-0.2, 0) is 9.84 Å². The number of aromatic amines is 1. The summed E-state index contributed by atoms with van der Waals surface area (Å²) in [6, 6.07) is 5.11. The molecule has 3 N–H and O–H groups in total. The molecular weight excluding hydrogens is 238 g/mol. The molecule has 17 heavy (non-hydrogen) atoms. The van der Waals surface area contributed by atoms with Crippen LogP contribution in [0.5, 0.6) is 0 Å². The van der Waals surface area contributed by atoms with E-state index in [-0.39, 0.29) is 0 Å². The first kappa shape index (κ1) is 10.1. The van der Waals surface area contributed by atoms with Gasteiger partial charge in [0.1, 0.15) is 5.82 Å². The zero-order chi connectivity index (χ0) is 12.0. The SMILES string of the molecule is Nc1[nH]ncc1-c1ccc2c(c1)C=CS2(=O)=O. The molecule has 0 atom stereocenters. The fraction of sp³-hybridized carbons (Fsp3) is 0. The molecule has 0 fully saturated rings. The summed E-state index contributed by atoms with van der Waals surface area (Å²) in [5, 5.41) is 7.69. The van der Waals surface area contributed by atoms with Crippen molar-refractivity contribution in [1.29, 1.82) is 0 Å². The number of rotatable bonds is 1. The second-order valence-electron chi connectivity index (χ2n) is 3.80. The molecule has 0 aliphatic carbocycles. The molecule has 1 aliphatic rings. The Morgan fingerprint density at radius 3 is 2.82 bits per heavy atom. The summed E-state index contributed by atoms with van der Waals surface area (Å²) in [5.74, 6) is 0.467. The highest BCUT2D eigenvalue weighted by molar-refractivity contribution is 7.94. The van der Waals surface area contributed by atoms with Gasteiger partial charge in [0.05, 0.1) is 11.1 Å². The van der Waals surface area contributed by atoms with Crippen LogP contribution in [0.4, 0.5) is 5.82 Å². The van der Waals surface area contributed by atoms with Gasteiger partial charge < -0.3 is 5.73 Å². The van der Waals surface area contributed by atoms with E-state index < -0.39 is 9.84 Å². The van der Waals surface area contributed by atoms with Crippen LogP contribution in [-0.4, -0.2) is 18.6 Å². The molecule has 0 unspecified atom stereocenters. The average Bonchev–Trinajstić information content (AvgIpc) is 2.83. The lowest BCUT2D eigenvalue weighted by Gasteiger charge is -2.03. The number of nitrogens with one attached hydrogen (secondary N) is 1. The highest BCUT2D eigenvalue weighted by Crippen LogP contribution is 2.32. The number of fused-ring (bicyclic) bond motifs is 1. The molecule has 86 valence electrons. The molecule has 3 rings (SSSR count). The highest BCUT2D eigenvalue weighted by atomic mass is 32.2. The Labute approximate surface area is 97.9 Å². The minimum Gasteiger partial charge on any atom is -0.384 e. The number of nitrogens with zero attached hydrogens (tertiary/aromatic N) is 1. The lowest BCUT2D eigenvalue weighted by molar-refractivity contribution is 0.605. The number of aromatic nitrogens is 2. The molecule has 5 nitrogen and oxygen atoms in total. The van der Waals surface area contributed by atoms with Gasteiger partial charge >= 0.3 is 0 Å². The summed E-state index contributed by atoms with van der Waals surface area (Å²) >= 11 is 0. The van der Waals surface area contributed by atoms with Crippen molar-refractivity contribution in [3.8, 4) is 11.1 Å². The van der Waals surface area contributed by atoms with Gasteiger partial charge in [-0.15, -0.1) is 0 Å². The Hall–Kier alpha value is -2.08. The Kier molecular flexibility index (Phi) is 1.90. The van der Waals surface area contributed by atoms with E-state index in [9.17, 15) is 8.42 Å². The molecule has 1 aromatic carbocycles. The van der Waals surface area contributed by atoms with E-state index >= 15 is 0 Å². The summed E-state index contributed by atoms with van der Waals surface area (Å²) in [6.45, 7) is 0. The lowest BCUT2D eigenvalue weighted by atomic mass is 10.1. The predicted octanol–water partition coefficient (Wildman–Crippen LogP) is 1.42. The van der Waals surface area contributed by atoms with Gasteiger partial charge in [0.25, 0.3) is 0 Å². The Bertz CT molecular complexity index is 729. The van der Waals surface area contributed by atoms with Gasteiger partial charge in [-0.3, -0.25) is 5.10 Å². The average molecular weight is 247 g/mol. The van der Waals surface area contributed by atoms with E-state index in [2.05, 4.69) is 10.2 Å². The van der Waals surface area contributed by atoms with E-state index in [4.69, 9.17) is 5.73 Å². The largest absolute Gasteiger partial charge is 0.384 e. The molecule has 0 saturated heterocycles. The van der Waals surface area contributed by atoms with E-state index in [0.29, 0.717) is 16.3 Å². The summed E-state index contributed by atoms with van der Waals surface area (Å²) in [4.78, 5) is 0.336. The number of nitrogen functional groups attached to an aromatic ring is 1. The number of sulfone groups is 1. The van der Waals surface area contributed by atoms with Crippen molar-refractivity contribution in [2.75, 3.05) is 5.73 Å². The van der Waals surface area contributed by atoms with Crippen LogP contribution in [0, 0.1) is 0 Å². The molecule has 2 aromatic rings. The van der Waals surface area contributed by atoms with E-state index in [0.717, 1.165) is 11.1 Å². The number of hydrogen-bond donors (Lipinski definition) is 2. The molecule has 0 saturated carbocycles. The molecular formula is C11H9N3O2S. The van der Waals surface area contributed by atoms with Gasteiger partial charge in [-0.05, 0) is 29.3 Å². The number of hydrogen-bond acceptors (Lipinski definition) is 4. The van der Waals surface area contributed by atoms with Crippen molar-refractivity contribution in [2.45, 2.75) is 4.90 Å². The first-order chi connectivity index (χ1) is 8.08. The molecule has 6 heteroatoms. The molecule has 2 heterocycles. The molecule has 0 spiro atoms. The minimum atomic E-state index is -3.24. The first-order valence-electron chi connectivity index (χ1n) is 4.94. The third kappa shape index (κ3) is 1.45. The van der Waals surface area contributed by atoms with Gasteiger partial charge in [0, 0.05) is 11.0 Å². The Balaban J connectivity index is 2.20. The van der Waals surface area contributed by atoms with Crippen LogP contribution in [0.3, 0.4) is 0 Å². The molecule has 1 aromatic heterocycles. The van der Waals surface area contributed by atoms with Crippen LogP contribution in [0.2, 0.25) is 0 Å². The minimum absolute atomic E-state index is 0.336. The van der Waals surface area contributed by atoms with Crippen LogP contribution in [0.25, 0.3) is 17.2 Å². The second-order valence-corrected chi connectivity index (χ2v) is 5.60. The van der Waals surface area contributed by atoms with E-state index in [1.54, 1.807) is 30.5 Å². The first-order valence-corrected chi connectivity index (χ1v) is 6.49. The lowest BCUT2D eigenvalue weighted by Crippen LogP contribution is -1.94. The standard InChI is InChI=1S/C11H9N3O2S/c12-11-9(6-13-14-11)7-1-2-10-8(5-7)3-4-17(10,15)16/h1-6H,(H3,12,13,14). The van der Waals surface area contributed by atoms with Gasteiger partial charge in [0.15, 0.2) is 9.84 Å². The van der Waals surface area contributed by atoms with Gasteiger partial charge in [0.2, 0.25) is 0 Å². The monoisotopic (exact) mass is 247 g/mol. The van der Waals surface area contributed by atoms with Crippen molar-refractivity contribution < 1.29 is 8.42 Å². The topological polar surface area (TPSA) is 88.8 Å². The molecule has 0 radical (unpaired) electrons. The highest BCUT2D eigenvalue weighted by Gasteiger charge is 2.21. The Morgan fingerprint density at radius 2 is 2.12 bits per heavy atom. The fourth-order valence-corrected chi connectivity index (χ4v) is 3.05. The van der Waals surface area contributed by atoms with E-state index in [1.807, 2.05) is 0 Å². The number of H-pyrrole nitrogens is 1. The fourth-order valence-electron chi connectivity index (χ4n) is 1.87. The van der Waals surface area contributed by atoms with Crippen LogP contribution < -0.4 is 5.73 Å². The van der Waals surface area contributed by atoms with Crippen molar-refractivity contribution in [2.24, 2.45) is 0 Å². The van der Waals surface area contributed by atoms with Crippen molar-refractivity contribution in [3.05, 3.63) is 35.4 Å². The molecule has 0 bridgehead atoms. The molecule has 1 aliphatic heterocycles. The summed E-state index contributed by atoms with van der Waals surface area (Å²) in [5.41, 5.74) is 8.01. The van der Waals surface area contributed by atoms with Crippen LogP contribution in [0.15, 0.2) is 34.7 Å². The quantitative estimate of drug-likeness (QED) is 0.797. The van der Waals surface area contributed by atoms with Crippen LogP contribution in [0.1, 0.15) is 5.56 Å². The number of anilines is 1. The van der Waals surface area contributed by atoms with Crippen molar-refractivity contribution >= 4 is 21.7 Å². The molecule has 0 amide bonds. The maximum atomic E-state index is 11.6. The maximum Gasteiger partial charge on any atom is 0.200 e. The zero-order valence-corrected chi connectivity index (χ0v) is 9.53. The van der Waals surface area contributed by atoms with Crippen molar-refractivity contribution in [1.82, 2.24) is 10.2 Å². The predicted molar refractivity (Wildman–Crippen MR) is 64.7 cm³/mol. The van der Waals surface area contributed by atoms with Gasteiger partial charge in [-0.25, -0.2) is 8.42 Å². The zero-order valence-electron chi connectivity index (χ0n) is 8.71. The summed E-state index contributed by atoms with van der Waals surface area (Å²) in [6.07, 6.45) is 3.20. The summed E-state index contributed by atoms with van der Waals surface area (Å²) in [7, 11) is -3.24. The maximum absolute atomic E-state index is 11.6.